The van der Waals surface area contributed by atoms with Crippen molar-refractivity contribution < 1.29 is 26.4 Å². The lowest BCUT2D eigenvalue weighted by Gasteiger charge is -2.14. The van der Waals surface area contributed by atoms with E-state index in [-0.39, 0.29) is 22.0 Å². The lowest BCUT2D eigenvalue weighted by atomic mass is 10.1. The summed E-state index contributed by atoms with van der Waals surface area (Å²) in [7, 11) is -1.16. The van der Waals surface area contributed by atoms with Crippen LogP contribution < -0.4 is 5.32 Å². The van der Waals surface area contributed by atoms with Gasteiger partial charge in [-0.2, -0.15) is 13.2 Å². The molecular formula is C17H16ClF3N2O3S. The summed E-state index contributed by atoms with van der Waals surface area (Å²) in [4.78, 5) is 12.1. The van der Waals surface area contributed by atoms with Crippen LogP contribution in [0.3, 0.4) is 0 Å². The van der Waals surface area contributed by atoms with Crippen LogP contribution in [0.15, 0.2) is 47.4 Å². The second kappa shape index (κ2) is 7.87. The molecule has 2 rings (SSSR count). The van der Waals surface area contributed by atoms with Crippen LogP contribution in [0.25, 0.3) is 0 Å². The Morgan fingerprint density at radius 3 is 2.22 bits per heavy atom. The van der Waals surface area contributed by atoms with Crippen molar-refractivity contribution in [2.75, 3.05) is 14.1 Å². The average molecular weight is 421 g/mol. The van der Waals surface area contributed by atoms with E-state index in [0.717, 1.165) is 22.5 Å². The number of carbonyl (C=O) groups is 1. The molecule has 2 aromatic carbocycles. The SMILES string of the molecule is CN(C)S(=O)(=O)c1cc(C(=O)NCc2ccc(C(F)(F)F)cc2)ccc1Cl. The van der Waals surface area contributed by atoms with E-state index in [1.54, 1.807) is 0 Å². The van der Waals surface area contributed by atoms with Gasteiger partial charge >= 0.3 is 6.18 Å². The minimum atomic E-state index is -4.43. The van der Waals surface area contributed by atoms with E-state index in [9.17, 15) is 26.4 Å². The molecule has 1 N–H and O–H groups in total. The largest absolute Gasteiger partial charge is 0.416 e. The fourth-order valence-corrected chi connectivity index (χ4v) is 3.53. The normalized spacial score (nSPS) is 12.3. The molecule has 0 aliphatic rings. The Morgan fingerprint density at radius 1 is 1.11 bits per heavy atom. The topological polar surface area (TPSA) is 66.5 Å². The van der Waals surface area contributed by atoms with Crippen LogP contribution in [0.5, 0.6) is 0 Å². The van der Waals surface area contributed by atoms with Crippen molar-refractivity contribution in [2.24, 2.45) is 0 Å². The summed E-state index contributed by atoms with van der Waals surface area (Å²) >= 11 is 5.92. The Hall–Kier alpha value is -2.10. The average Bonchev–Trinajstić information content (AvgIpc) is 2.59. The zero-order valence-corrected chi connectivity index (χ0v) is 15.9. The summed E-state index contributed by atoms with van der Waals surface area (Å²) < 4.78 is 63.1. The number of nitrogens with zero attached hydrogens (tertiary/aromatic N) is 1. The number of hydrogen-bond acceptors (Lipinski definition) is 3. The maximum absolute atomic E-state index is 12.5. The first kappa shape index (κ1) is 21.2. The van der Waals surface area contributed by atoms with Crippen molar-refractivity contribution in [2.45, 2.75) is 17.6 Å². The van der Waals surface area contributed by atoms with Crippen LogP contribution in [-0.4, -0.2) is 32.7 Å². The quantitative estimate of drug-likeness (QED) is 0.804. The zero-order valence-electron chi connectivity index (χ0n) is 14.3. The molecule has 0 saturated heterocycles. The molecule has 0 fully saturated rings. The number of benzene rings is 2. The number of nitrogens with one attached hydrogen (secondary N) is 1. The first-order valence-electron chi connectivity index (χ1n) is 7.59. The molecule has 1 amide bonds. The van der Waals surface area contributed by atoms with Gasteiger partial charge in [0.05, 0.1) is 10.6 Å². The van der Waals surface area contributed by atoms with Gasteiger partial charge in [0, 0.05) is 26.2 Å². The Balaban J connectivity index is 2.15. The second-order valence-corrected chi connectivity index (χ2v) is 8.34. The van der Waals surface area contributed by atoms with Crippen LogP contribution in [0.2, 0.25) is 5.02 Å². The van der Waals surface area contributed by atoms with E-state index in [1.165, 1.54) is 38.4 Å². The number of sulfonamides is 1. The van der Waals surface area contributed by atoms with Gasteiger partial charge in [-0.1, -0.05) is 23.7 Å². The lowest BCUT2D eigenvalue weighted by Crippen LogP contribution is -2.25. The maximum atomic E-state index is 12.5. The molecule has 10 heteroatoms. The van der Waals surface area contributed by atoms with Crippen molar-refractivity contribution in [3.8, 4) is 0 Å². The van der Waals surface area contributed by atoms with Gasteiger partial charge in [-0.05, 0) is 35.9 Å². The summed E-state index contributed by atoms with van der Waals surface area (Å²) in [6.45, 7) is -0.0185. The molecule has 2 aromatic rings. The summed E-state index contributed by atoms with van der Waals surface area (Å²) in [5.74, 6) is -0.582. The van der Waals surface area contributed by atoms with Crippen LogP contribution >= 0.6 is 11.6 Å². The Kier molecular flexibility index (Phi) is 6.18. The molecule has 5 nitrogen and oxygen atoms in total. The number of hydrogen-bond donors (Lipinski definition) is 1. The number of alkyl halides is 3. The standard InChI is InChI=1S/C17H16ClF3N2O3S/c1-23(2)27(25,26)15-9-12(5-8-14(15)18)16(24)22-10-11-3-6-13(7-4-11)17(19,20)21/h3-9H,10H2,1-2H3,(H,22,24). The van der Waals surface area contributed by atoms with E-state index < -0.39 is 27.7 Å². The summed E-state index contributed by atoms with van der Waals surface area (Å²) in [5, 5.41) is 2.50. The van der Waals surface area contributed by atoms with Gasteiger partial charge < -0.3 is 5.32 Å². The summed E-state index contributed by atoms with van der Waals surface area (Å²) in [6, 6.07) is 8.17. The smallest absolute Gasteiger partial charge is 0.348 e. The van der Waals surface area contributed by atoms with E-state index in [0.29, 0.717) is 5.56 Å². The van der Waals surface area contributed by atoms with Crippen LogP contribution in [-0.2, 0) is 22.7 Å². The molecule has 0 saturated carbocycles. The highest BCUT2D eigenvalue weighted by molar-refractivity contribution is 7.89. The van der Waals surface area contributed by atoms with E-state index in [2.05, 4.69) is 5.32 Å². The highest BCUT2D eigenvalue weighted by Crippen LogP contribution is 2.29. The molecule has 0 aliphatic carbocycles. The van der Waals surface area contributed by atoms with Crippen LogP contribution in [0.4, 0.5) is 13.2 Å². The Bertz CT molecular complexity index is 943. The molecule has 0 unspecified atom stereocenters. The molecule has 146 valence electrons. The highest BCUT2D eigenvalue weighted by atomic mass is 35.5. The third kappa shape index (κ3) is 5.00. The predicted octanol–water partition coefficient (Wildman–Crippen LogP) is 3.54. The molecule has 0 bridgehead atoms. The Morgan fingerprint density at radius 2 is 1.70 bits per heavy atom. The second-order valence-electron chi connectivity index (χ2n) is 5.81. The van der Waals surface area contributed by atoms with Gasteiger partial charge in [0.1, 0.15) is 4.90 Å². The van der Waals surface area contributed by atoms with Gasteiger partial charge in [-0.15, -0.1) is 0 Å². The predicted molar refractivity (Wildman–Crippen MR) is 94.9 cm³/mol. The van der Waals surface area contributed by atoms with Gasteiger partial charge in [0.15, 0.2) is 0 Å². The monoisotopic (exact) mass is 420 g/mol. The van der Waals surface area contributed by atoms with Crippen molar-refractivity contribution in [1.29, 1.82) is 0 Å². The van der Waals surface area contributed by atoms with Crippen molar-refractivity contribution in [3.63, 3.8) is 0 Å². The minimum Gasteiger partial charge on any atom is -0.348 e. The van der Waals surface area contributed by atoms with Crippen molar-refractivity contribution in [1.82, 2.24) is 9.62 Å². The summed E-state index contributed by atoms with van der Waals surface area (Å²) in [5.41, 5.74) is -0.257. The lowest BCUT2D eigenvalue weighted by molar-refractivity contribution is -0.137. The summed E-state index contributed by atoms with van der Waals surface area (Å²) in [6.07, 6.45) is -4.43. The molecule has 0 aliphatic heterocycles. The molecule has 0 aromatic heterocycles. The fourth-order valence-electron chi connectivity index (χ4n) is 2.13. The number of amides is 1. The third-order valence-electron chi connectivity index (χ3n) is 3.69. The molecule has 0 heterocycles. The molecule has 27 heavy (non-hydrogen) atoms. The molecule has 0 atom stereocenters. The van der Waals surface area contributed by atoms with E-state index in [1.807, 2.05) is 0 Å². The van der Waals surface area contributed by atoms with Crippen LogP contribution in [0, 0.1) is 0 Å². The number of carbonyl (C=O) groups excluding carboxylic acids is 1. The molecule has 0 radical (unpaired) electrons. The van der Waals surface area contributed by atoms with Gasteiger partial charge in [-0.25, -0.2) is 12.7 Å². The first-order chi connectivity index (χ1) is 12.4. The zero-order chi connectivity index (χ0) is 20.4. The Labute approximate surface area is 159 Å². The first-order valence-corrected chi connectivity index (χ1v) is 9.41. The van der Waals surface area contributed by atoms with E-state index >= 15 is 0 Å². The number of rotatable bonds is 5. The van der Waals surface area contributed by atoms with Gasteiger partial charge in [-0.3, -0.25) is 4.79 Å². The maximum Gasteiger partial charge on any atom is 0.416 e. The molecule has 0 spiro atoms. The fraction of sp³-hybridized carbons (Fsp3) is 0.235. The minimum absolute atomic E-state index is 0.0185. The van der Waals surface area contributed by atoms with Crippen LogP contribution in [0.1, 0.15) is 21.5 Å². The van der Waals surface area contributed by atoms with Gasteiger partial charge in [0.25, 0.3) is 5.91 Å². The van der Waals surface area contributed by atoms with Gasteiger partial charge in [0.2, 0.25) is 10.0 Å². The van der Waals surface area contributed by atoms with Crippen molar-refractivity contribution >= 4 is 27.5 Å². The molecular weight excluding hydrogens is 405 g/mol. The van der Waals surface area contributed by atoms with Crippen molar-refractivity contribution in [3.05, 3.63) is 64.2 Å². The highest BCUT2D eigenvalue weighted by Gasteiger charge is 2.30. The third-order valence-corrected chi connectivity index (χ3v) is 5.98. The van der Waals surface area contributed by atoms with E-state index in [4.69, 9.17) is 11.6 Å². The number of halogens is 4.